The average Bonchev–Trinajstić information content (AvgIpc) is 3.16. The van der Waals surface area contributed by atoms with Gasteiger partial charge in [0.1, 0.15) is 0 Å². The number of carbonyl (C=O) groups excluding carboxylic acids is 2. The second-order valence-corrected chi connectivity index (χ2v) is 8.58. The van der Waals surface area contributed by atoms with E-state index in [1.54, 1.807) is 0 Å². The second kappa shape index (κ2) is 7.27. The summed E-state index contributed by atoms with van der Waals surface area (Å²) in [5.41, 5.74) is 1.27. The van der Waals surface area contributed by atoms with Gasteiger partial charge in [0, 0.05) is 25.2 Å². The van der Waals surface area contributed by atoms with Gasteiger partial charge in [0.2, 0.25) is 5.91 Å². The van der Waals surface area contributed by atoms with Crippen LogP contribution >= 0.6 is 0 Å². The molecule has 4 rings (SSSR count). The van der Waals surface area contributed by atoms with Crippen LogP contribution in [0.4, 0.5) is 0 Å². The summed E-state index contributed by atoms with van der Waals surface area (Å²) in [4.78, 5) is 31.2. The zero-order valence-corrected chi connectivity index (χ0v) is 16.4. The van der Waals surface area contributed by atoms with E-state index in [1.807, 2.05) is 29.2 Å². The van der Waals surface area contributed by atoms with Gasteiger partial charge in [0.05, 0.1) is 24.7 Å². The third-order valence-electron chi connectivity index (χ3n) is 6.41. The van der Waals surface area contributed by atoms with Crippen LogP contribution in [0.25, 0.3) is 0 Å². The third-order valence-corrected chi connectivity index (χ3v) is 6.41. The molecule has 0 bridgehead atoms. The molecule has 1 atom stereocenters. The summed E-state index contributed by atoms with van der Waals surface area (Å²) in [6.45, 7) is 7.49. The standard InChI is InChI=1S/C22H30N2O3/c1-16(2)15-24-20(25)18-8-4-3-7-17(18)19(22(24)9-5-6-10-22)21(26)23-11-13-27-14-12-23/h3-4,7-8,16,19H,5-6,9-15H2,1-2H3/t19-/m1/s1. The predicted molar refractivity (Wildman–Crippen MR) is 104 cm³/mol. The van der Waals surface area contributed by atoms with E-state index in [-0.39, 0.29) is 23.3 Å². The lowest BCUT2D eigenvalue weighted by Gasteiger charge is -2.51. The maximum atomic E-state index is 13.7. The highest BCUT2D eigenvalue weighted by Gasteiger charge is 2.56. The fourth-order valence-electron chi connectivity index (χ4n) is 5.24. The Morgan fingerprint density at radius 3 is 2.52 bits per heavy atom. The van der Waals surface area contributed by atoms with Crippen molar-refractivity contribution in [2.45, 2.75) is 51.0 Å². The van der Waals surface area contributed by atoms with Crippen molar-refractivity contribution in [1.29, 1.82) is 0 Å². The summed E-state index contributed by atoms with van der Waals surface area (Å²) in [6, 6.07) is 7.77. The molecule has 3 aliphatic rings. The first-order chi connectivity index (χ1) is 13.0. The Kier molecular flexibility index (Phi) is 4.97. The fraction of sp³-hybridized carbons (Fsp3) is 0.636. The Bertz CT molecular complexity index is 718. The molecular weight excluding hydrogens is 340 g/mol. The van der Waals surface area contributed by atoms with Crippen molar-refractivity contribution in [3.05, 3.63) is 35.4 Å². The first-order valence-electron chi connectivity index (χ1n) is 10.3. The second-order valence-electron chi connectivity index (χ2n) is 8.58. The molecule has 146 valence electrons. The number of benzene rings is 1. The Labute approximate surface area is 161 Å². The number of ether oxygens (including phenoxy) is 1. The van der Waals surface area contributed by atoms with Gasteiger partial charge in [0.15, 0.2) is 0 Å². The number of nitrogens with zero attached hydrogens (tertiary/aromatic N) is 2. The van der Waals surface area contributed by atoms with Gasteiger partial charge in [-0.25, -0.2) is 0 Å². The molecule has 2 fully saturated rings. The normalized spacial score (nSPS) is 24.6. The van der Waals surface area contributed by atoms with E-state index in [4.69, 9.17) is 4.74 Å². The largest absolute Gasteiger partial charge is 0.378 e. The number of fused-ring (bicyclic) bond motifs is 1. The minimum atomic E-state index is -0.370. The van der Waals surface area contributed by atoms with Crippen LogP contribution in [0.15, 0.2) is 24.3 Å². The highest BCUT2D eigenvalue weighted by atomic mass is 16.5. The van der Waals surface area contributed by atoms with Crippen molar-refractivity contribution < 1.29 is 14.3 Å². The van der Waals surface area contributed by atoms with E-state index in [9.17, 15) is 9.59 Å². The van der Waals surface area contributed by atoms with Gasteiger partial charge in [-0.1, -0.05) is 44.9 Å². The van der Waals surface area contributed by atoms with Gasteiger partial charge < -0.3 is 14.5 Å². The maximum absolute atomic E-state index is 13.7. The van der Waals surface area contributed by atoms with Crippen LogP contribution < -0.4 is 0 Å². The molecule has 0 unspecified atom stereocenters. The number of amides is 2. The van der Waals surface area contributed by atoms with Crippen LogP contribution in [0.1, 0.15) is 61.4 Å². The highest BCUT2D eigenvalue weighted by molar-refractivity contribution is 6.02. The molecule has 0 N–H and O–H groups in total. The van der Waals surface area contributed by atoms with Crippen molar-refractivity contribution >= 4 is 11.8 Å². The number of rotatable bonds is 3. The van der Waals surface area contributed by atoms with Gasteiger partial charge in [-0.3, -0.25) is 9.59 Å². The van der Waals surface area contributed by atoms with Gasteiger partial charge >= 0.3 is 0 Å². The number of hydrogen-bond acceptors (Lipinski definition) is 3. The zero-order valence-electron chi connectivity index (χ0n) is 16.4. The van der Waals surface area contributed by atoms with E-state index in [0.717, 1.165) is 31.2 Å². The summed E-state index contributed by atoms with van der Waals surface area (Å²) in [5.74, 6) is 0.391. The summed E-state index contributed by atoms with van der Waals surface area (Å²) in [6.07, 6.45) is 3.99. The van der Waals surface area contributed by atoms with Crippen molar-refractivity contribution in [3.63, 3.8) is 0 Å². The lowest BCUT2D eigenvalue weighted by Crippen LogP contribution is -2.62. The lowest BCUT2D eigenvalue weighted by molar-refractivity contribution is -0.141. The highest BCUT2D eigenvalue weighted by Crippen LogP contribution is 2.51. The van der Waals surface area contributed by atoms with Gasteiger partial charge in [-0.05, 0) is 30.4 Å². The average molecular weight is 370 g/mol. The molecule has 1 saturated heterocycles. The fourth-order valence-corrected chi connectivity index (χ4v) is 5.24. The Hall–Kier alpha value is -1.88. The summed E-state index contributed by atoms with van der Waals surface area (Å²) >= 11 is 0. The van der Waals surface area contributed by atoms with E-state index < -0.39 is 0 Å². The number of carbonyl (C=O) groups is 2. The molecule has 1 spiro atoms. The van der Waals surface area contributed by atoms with Gasteiger partial charge in [-0.15, -0.1) is 0 Å². The molecule has 1 saturated carbocycles. The first-order valence-corrected chi connectivity index (χ1v) is 10.3. The summed E-state index contributed by atoms with van der Waals surface area (Å²) < 4.78 is 5.46. The van der Waals surface area contributed by atoms with Crippen LogP contribution in [0.2, 0.25) is 0 Å². The SMILES string of the molecule is CC(C)CN1C(=O)c2ccccc2[C@H](C(=O)N2CCOCC2)C12CCCC2. The van der Waals surface area contributed by atoms with Crippen LogP contribution in [0.5, 0.6) is 0 Å². The molecule has 5 nitrogen and oxygen atoms in total. The van der Waals surface area contributed by atoms with Crippen molar-refractivity contribution in [3.8, 4) is 0 Å². The summed E-state index contributed by atoms with van der Waals surface area (Å²) in [5, 5.41) is 0. The van der Waals surface area contributed by atoms with Crippen molar-refractivity contribution in [1.82, 2.24) is 9.80 Å². The van der Waals surface area contributed by atoms with E-state index in [0.29, 0.717) is 44.3 Å². The first kappa shape index (κ1) is 18.5. The minimum absolute atomic E-state index is 0.104. The molecule has 1 aromatic rings. The molecular formula is C22H30N2O3. The predicted octanol–water partition coefficient (Wildman–Crippen LogP) is 3.05. The van der Waals surface area contributed by atoms with Crippen LogP contribution in [-0.4, -0.2) is 60.0 Å². The molecule has 1 aliphatic carbocycles. The molecule has 27 heavy (non-hydrogen) atoms. The number of hydrogen-bond donors (Lipinski definition) is 0. The van der Waals surface area contributed by atoms with Gasteiger partial charge in [0.25, 0.3) is 5.91 Å². The molecule has 5 heteroatoms. The van der Waals surface area contributed by atoms with Crippen LogP contribution in [-0.2, 0) is 9.53 Å². The lowest BCUT2D eigenvalue weighted by atomic mass is 9.70. The van der Waals surface area contributed by atoms with Gasteiger partial charge in [-0.2, -0.15) is 0 Å². The molecule has 2 aliphatic heterocycles. The molecule has 2 amide bonds. The Morgan fingerprint density at radius 2 is 1.85 bits per heavy atom. The third kappa shape index (κ3) is 3.06. The quantitative estimate of drug-likeness (QED) is 0.822. The summed E-state index contributed by atoms with van der Waals surface area (Å²) in [7, 11) is 0. The molecule has 1 aromatic carbocycles. The van der Waals surface area contributed by atoms with Crippen molar-refractivity contribution in [2.75, 3.05) is 32.8 Å². The molecule has 2 heterocycles. The van der Waals surface area contributed by atoms with E-state index >= 15 is 0 Å². The topological polar surface area (TPSA) is 49.9 Å². The van der Waals surface area contributed by atoms with Crippen LogP contribution in [0, 0.1) is 5.92 Å². The Morgan fingerprint density at radius 1 is 1.19 bits per heavy atom. The van der Waals surface area contributed by atoms with E-state index in [2.05, 4.69) is 18.7 Å². The van der Waals surface area contributed by atoms with Crippen molar-refractivity contribution in [2.24, 2.45) is 5.92 Å². The molecule has 0 radical (unpaired) electrons. The minimum Gasteiger partial charge on any atom is -0.378 e. The van der Waals surface area contributed by atoms with Crippen LogP contribution in [0.3, 0.4) is 0 Å². The maximum Gasteiger partial charge on any atom is 0.254 e. The number of morpholine rings is 1. The Balaban J connectivity index is 1.83. The zero-order chi connectivity index (χ0) is 19.0. The smallest absolute Gasteiger partial charge is 0.254 e. The monoisotopic (exact) mass is 370 g/mol. The van der Waals surface area contributed by atoms with E-state index in [1.165, 1.54) is 0 Å². The molecule has 0 aromatic heterocycles.